The average molecular weight is 705 g/mol. The highest BCUT2D eigenvalue weighted by Gasteiger charge is 2.36. The number of nitrogens with one attached hydrogen (secondary N) is 4. The van der Waals surface area contributed by atoms with E-state index in [-0.39, 0.29) is 42.2 Å². The molecule has 4 atom stereocenters. The second-order valence-electron chi connectivity index (χ2n) is 13.5. The van der Waals surface area contributed by atoms with Crippen molar-refractivity contribution >= 4 is 46.4 Å². The number of hydrogen-bond acceptors (Lipinski definition) is 9. The van der Waals surface area contributed by atoms with Gasteiger partial charge in [-0.25, -0.2) is 4.98 Å². The molecule has 4 rings (SSSR count). The average Bonchev–Trinajstić information content (AvgIpc) is 3.74. The predicted molar refractivity (Wildman–Crippen MR) is 194 cm³/mol. The molecule has 1 aliphatic heterocycles. The lowest BCUT2D eigenvalue weighted by Crippen LogP contribution is -2.57. The highest BCUT2D eigenvalue weighted by Crippen LogP contribution is 2.28. The van der Waals surface area contributed by atoms with Crippen LogP contribution in [0.3, 0.4) is 0 Å². The van der Waals surface area contributed by atoms with Crippen molar-refractivity contribution in [2.75, 3.05) is 32.1 Å². The Morgan fingerprint density at radius 3 is 2.32 bits per heavy atom. The molecule has 0 bridgehead atoms. The fourth-order valence-electron chi connectivity index (χ4n) is 5.65. The second-order valence-corrected chi connectivity index (χ2v) is 14.5. The van der Waals surface area contributed by atoms with E-state index in [1.165, 1.54) is 11.3 Å². The van der Waals surface area contributed by atoms with Crippen LogP contribution < -0.4 is 30.9 Å². The Morgan fingerprint density at radius 2 is 1.68 bits per heavy atom. The molecule has 2 aromatic carbocycles. The first kappa shape index (κ1) is 38.0. The molecule has 1 aromatic heterocycles. The van der Waals surface area contributed by atoms with Crippen LogP contribution in [-0.4, -0.2) is 79.8 Å². The lowest BCUT2D eigenvalue weighted by atomic mass is 9.95. The summed E-state index contributed by atoms with van der Waals surface area (Å²) in [6.45, 7) is 7.62. The van der Waals surface area contributed by atoms with Gasteiger partial charge in [-0.1, -0.05) is 64.1 Å². The maximum Gasteiger partial charge on any atom is 0.258 e. The number of ether oxygens (including phenoxy) is 1. The van der Waals surface area contributed by atoms with Gasteiger partial charge in [0.15, 0.2) is 11.6 Å². The second kappa shape index (κ2) is 17.7. The number of nitrogens with zero attached hydrogens (tertiary/aromatic N) is 2. The van der Waals surface area contributed by atoms with E-state index < -0.39 is 47.5 Å². The first-order chi connectivity index (χ1) is 23.8. The molecule has 4 amide bonds. The summed E-state index contributed by atoms with van der Waals surface area (Å²) in [4.78, 5) is 73.9. The highest BCUT2D eigenvalue weighted by molar-refractivity contribution is 7.17. The molecule has 0 spiro atoms. The van der Waals surface area contributed by atoms with Crippen molar-refractivity contribution in [1.82, 2.24) is 26.3 Å². The molecular formula is C37H48N6O6S. The number of Topliss-reactive ketones (excluding diaryl/α,β-unsaturated/α-hetero) is 1. The molecule has 4 N–H and O–H groups in total. The quantitative estimate of drug-likeness (QED) is 0.155. The lowest BCUT2D eigenvalue weighted by Gasteiger charge is -2.27. The van der Waals surface area contributed by atoms with Crippen LogP contribution in [0.1, 0.15) is 56.8 Å². The zero-order valence-corrected chi connectivity index (χ0v) is 30.3. The first-order valence-corrected chi connectivity index (χ1v) is 17.8. The number of carbonyl (C=O) groups excluding carboxylic acids is 5. The minimum Gasteiger partial charge on any atom is -0.484 e. The van der Waals surface area contributed by atoms with E-state index in [9.17, 15) is 24.0 Å². The lowest BCUT2D eigenvalue weighted by molar-refractivity contribution is -0.134. The Bertz CT molecular complexity index is 1640. The van der Waals surface area contributed by atoms with Crippen LogP contribution in [0.2, 0.25) is 0 Å². The van der Waals surface area contributed by atoms with Crippen LogP contribution >= 0.6 is 11.3 Å². The number of benzene rings is 2. The van der Waals surface area contributed by atoms with E-state index in [1.807, 2.05) is 81.4 Å². The van der Waals surface area contributed by atoms with Gasteiger partial charge in [-0.2, -0.15) is 0 Å². The molecule has 2 heterocycles. The van der Waals surface area contributed by atoms with Crippen molar-refractivity contribution in [2.45, 2.75) is 65.1 Å². The predicted octanol–water partition coefficient (Wildman–Crippen LogP) is 3.82. The normalized spacial score (nSPS) is 15.9. The van der Waals surface area contributed by atoms with Gasteiger partial charge in [0.25, 0.3) is 5.91 Å². The van der Waals surface area contributed by atoms with Crippen molar-refractivity contribution in [1.29, 1.82) is 0 Å². The first-order valence-electron chi connectivity index (χ1n) is 17.0. The summed E-state index contributed by atoms with van der Waals surface area (Å²) in [7, 11) is 3.80. The maximum absolute atomic E-state index is 13.9. The van der Waals surface area contributed by atoms with Crippen LogP contribution in [0.5, 0.6) is 5.75 Å². The largest absolute Gasteiger partial charge is 0.484 e. The van der Waals surface area contributed by atoms with Crippen molar-refractivity contribution in [2.24, 2.45) is 17.8 Å². The van der Waals surface area contributed by atoms with E-state index in [1.54, 1.807) is 26.1 Å². The Morgan fingerprint density at radius 1 is 0.960 bits per heavy atom. The molecule has 0 saturated carbocycles. The van der Waals surface area contributed by atoms with E-state index in [0.29, 0.717) is 18.7 Å². The molecule has 1 saturated heterocycles. The fraction of sp³-hybridized carbons (Fsp3) is 0.459. The number of aromatic nitrogens is 1. The summed E-state index contributed by atoms with van der Waals surface area (Å²) in [6.07, 6.45) is 2.55. The summed E-state index contributed by atoms with van der Waals surface area (Å²) in [5, 5.41) is 11.4. The molecule has 0 aliphatic carbocycles. The third kappa shape index (κ3) is 10.6. The van der Waals surface area contributed by atoms with Crippen LogP contribution in [0.4, 0.5) is 5.69 Å². The number of rotatable bonds is 17. The molecule has 1 fully saturated rings. The van der Waals surface area contributed by atoms with Gasteiger partial charge in [-0.15, -0.1) is 11.3 Å². The molecule has 50 heavy (non-hydrogen) atoms. The number of ketones is 1. The van der Waals surface area contributed by atoms with Gasteiger partial charge < -0.3 is 30.9 Å². The van der Waals surface area contributed by atoms with Crippen molar-refractivity contribution in [3.63, 3.8) is 0 Å². The van der Waals surface area contributed by atoms with Gasteiger partial charge in [-0.3, -0.25) is 24.0 Å². The summed E-state index contributed by atoms with van der Waals surface area (Å²) in [6, 6.07) is 13.8. The molecule has 0 unspecified atom stereocenters. The zero-order valence-electron chi connectivity index (χ0n) is 29.5. The Hall–Kier alpha value is -4.78. The summed E-state index contributed by atoms with van der Waals surface area (Å²) in [5.41, 5.74) is 1.83. The number of carbonyl (C=O) groups is 5. The van der Waals surface area contributed by atoms with E-state index in [0.717, 1.165) is 16.1 Å². The smallest absolute Gasteiger partial charge is 0.258 e. The van der Waals surface area contributed by atoms with Gasteiger partial charge in [0.2, 0.25) is 23.5 Å². The van der Waals surface area contributed by atoms with Crippen molar-refractivity contribution in [3.05, 3.63) is 65.8 Å². The van der Waals surface area contributed by atoms with Crippen LogP contribution in [0.25, 0.3) is 10.4 Å². The van der Waals surface area contributed by atoms with E-state index >= 15 is 0 Å². The maximum atomic E-state index is 13.9. The van der Waals surface area contributed by atoms with Gasteiger partial charge in [0.1, 0.15) is 17.8 Å². The van der Waals surface area contributed by atoms with Crippen LogP contribution in [-0.2, 0) is 19.2 Å². The molecule has 1 aliphatic rings. The van der Waals surface area contributed by atoms with Gasteiger partial charge >= 0.3 is 0 Å². The van der Waals surface area contributed by atoms with Crippen LogP contribution in [0.15, 0.2) is 60.8 Å². The molecule has 0 radical (unpaired) electrons. The van der Waals surface area contributed by atoms with Gasteiger partial charge in [0, 0.05) is 44.5 Å². The number of thiazole rings is 1. The summed E-state index contributed by atoms with van der Waals surface area (Å²) >= 11 is 1.22. The number of amides is 4. The van der Waals surface area contributed by atoms with Crippen LogP contribution in [0, 0.1) is 17.8 Å². The number of hydrogen-bond donors (Lipinski definition) is 4. The van der Waals surface area contributed by atoms with E-state index in [2.05, 4.69) is 26.3 Å². The highest BCUT2D eigenvalue weighted by atomic mass is 32.1. The molecule has 12 nitrogen and oxygen atoms in total. The third-order valence-electron chi connectivity index (χ3n) is 8.40. The zero-order chi connectivity index (χ0) is 36.4. The Kier molecular flexibility index (Phi) is 13.5. The summed E-state index contributed by atoms with van der Waals surface area (Å²) < 4.78 is 5.68. The molecule has 13 heteroatoms. The SMILES string of the molecule is CC(C)C[C@H](NC(=O)[C@@H](NC(=O)COc1cccc(N(C)C)c1)C(C)C)C(=O)N[C@@H](C[C@@H]1CCNC1=O)C(=O)c1ncc(-c2ccccc2)s1. The summed E-state index contributed by atoms with van der Waals surface area (Å²) in [5.74, 6) is -2.39. The minimum atomic E-state index is -1.04. The van der Waals surface area contributed by atoms with Gasteiger partial charge in [0.05, 0.1) is 10.9 Å². The van der Waals surface area contributed by atoms with Crippen molar-refractivity contribution < 1.29 is 28.7 Å². The molecule has 3 aromatic rings. The van der Waals surface area contributed by atoms with Crippen molar-refractivity contribution in [3.8, 4) is 16.2 Å². The van der Waals surface area contributed by atoms with Gasteiger partial charge in [-0.05, 0) is 48.8 Å². The molecule has 268 valence electrons. The topological polar surface area (TPSA) is 159 Å². The fourth-order valence-corrected chi connectivity index (χ4v) is 6.56. The number of anilines is 1. The van der Waals surface area contributed by atoms with E-state index in [4.69, 9.17) is 4.74 Å². The Labute approximate surface area is 297 Å². The molecular weight excluding hydrogens is 657 g/mol. The Balaban J connectivity index is 1.46. The minimum absolute atomic E-state index is 0.00613. The standard InChI is InChI=1S/C37H48N6O6S/c1-22(2)17-29(41-36(48)32(23(3)4)42-31(44)21-49-27-14-10-13-26(19-27)43(5)6)35(47)40-28(18-25-15-16-38-34(25)46)33(45)37-39-20-30(50-37)24-11-8-7-9-12-24/h7-14,19-20,22-23,25,28-29,32H,15-18,21H2,1-6H3,(H,38,46)(H,40,47)(H,41,48)(H,42,44)/t25-,28-,29-,32-/m0/s1. The monoisotopic (exact) mass is 704 g/mol. The third-order valence-corrected chi connectivity index (χ3v) is 9.46.